The Labute approximate surface area is 126 Å². The Kier molecular flexibility index (Phi) is 5.44. The molecule has 0 fully saturated rings. The molecular formula is C16H24ClN3. The second-order valence-electron chi connectivity index (χ2n) is 5.57. The predicted molar refractivity (Wildman–Crippen MR) is 86.7 cm³/mol. The first-order chi connectivity index (χ1) is 9.63. The molecule has 0 aliphatic rings. The van der Waals surface area contributed by atoms with Crippen molar-refractivity contribution in [2.75, 3.05) is 26.5 Å². The van der Waals surface area contributed by atoms with E-state index in [1.54, 1.807) is 0 Å². The number of hydrogen-bond acceptors (Lipinski definition) is 2. The Balaban J connectivity index is 2.21. The van der Waals surface area contributed by atoms with Crippen molar-refractivity contribution < 1.29 is 0 Å². The summed E-state index contributed by atoms with van der Waals surface area (Å²) < 4.78 is 2.36. The maximum Gasteiger partial charge on any atom is 0.111 e. The van der Waals surface area contributed by atoms with Crippen LogP contribution in [0.3, 0.4) is 0 Å². The van der Waals surface area contributed by atoms with E-state index >= 15 is 0 Å². The fourth-order valence-electron chi connectivity index (χ4n) is 2.63. The number of alkyl halides is 1. The highest BCUT2D eigenvalue weighted by atomic mass is 35.5. The molecule has 1 aromatic carbocycles. The van der Waals surface area contributed by atoms with Crippen molar-refractivity contribution in [3.05, 3.63) is 29.6 Å². The highest BCUT2D eigenvalue weighted by molar-refractivity contribution is 6.17. The Hall–Kier alpha value is -1.06. The van der Waals surface area contributed by atoms with Gasteiger partial charge in [0.2, 0.25) is 0 Å². The van der Waals surface area contributed by atoms with E-state index in [9.17, 15) is 0 Å². The van der Waals surface area contributed by atoms with Gasteiger partial charge < -0.3 is 9.47 Å². The molecule has 4 heteroatoms. The van der Waals surface area contributed by atoms with E-state index in [1.165, 1.54) is 23.9 Å². The molecule has 0 saturated carbocycles. The Bertz CT molecular complexity index is 560. The van der Waals surface area contributed by atoms with Crippen LogP contribution in [-0.2, 0) is 13.0 Å². The lowest BCUT2D eigenvalue weighted by Crippen LogP contribution is -2.14. The summed E-state index contributed by atoms with van der Waals surface area (Å²) >= 11 is 5.92. The third kappa shape index (κ3) is 3.53. The fourth-order valence-corrected chi connectivity index (χ4v) is 2.80. The molecule has 2 aromatic rings. The third-order valence-electron chi connectivity index (χ3n) is 3.60. The summed E-state index contributed by atoms with van der Waals surface area (Å²) in [7, 11) is 4.24. The molecule has 0 aliphatic heterocycles. The van der Waals surface area contributed by atoms with Gasteiger partial charge in [0.15, 0.2) is 0 Å². The molecule has 2 rings (SSSR count). The molecule has 0 spiro atoms. The van der Waals surface area contributed by atoms with Gasteiger partial charge in [0.05, 0.1) is 11.0 Å². The van der Waals surface area contributed by atoms with Gasteiger partial charge in [-0.3, -0.25) is 0 Å². The van der Waals surface area contributed by atoms with Crippen molar-refractivity contribution in [1.82, 2.24) is 14.5 Å². The van der Waals surface area contributed by atoms with Gasteiger partial charge in [0.25, 0.3) is 0 Å². The topological polar surface area (TPSA) is 21.1 Å². The molecule has 0 atom stereocenters. The van der Waals surface area contributed by atoms with Crippen molar-refractivity contribution in [1.29, 1.82) is 0 Å². The van der Waals surface area contributed by atoms with E-state index in [1.807, 2.05) is 0 Å². The second-order valence-corrected chi connectivity index (χ2v) is 5.95. The SMILES string of the molecule is Cc1cccc2nc(CCCl)n(CCCCN(C)C)c12. The Morgan fingerprint density at radius 1 is 1.25 bits per heavy atom. The lowest BCUT2D eigenvalue weighted by Gasteiger charge is -2.12. The van der Waals surface area contributed by atoms with Crippen LogP contribution in [-0.4, -0.2) is 41.0 Å². The van der Waals surface area contributed by atoms with E-state index in [2.05, 4.69) is 48.7 Å². The van der Waals surface area contributed by atoms with Gasteiger partial charge in [0, 0.05) is 18.8 Å². The number of para-hydroxylation sites is 1. The predicted octanol–water partition coefficient (Wildman–Crippen LogP) is 3.47. The van der Waals surface area contributed by atoms with Crippen LogP contribution in [0.25, 0.3) is 11.0 Å². The van der Waals surface area contributed by atoms with Crippen LogP contribution >= 0.6 is 11.6 Å². The number of hydrogen-bond donors (Lipinski definition) is 0. The molecule has 0 N–H and O–H groups in total. The second kappa shape index (κ2) is 7.09. The average Bonchev–Trinajstić information content (AvgIpc) is 2.74. The molecule has 110 valence electrons. The van der Waals surface area contributed by atoms with Gasteiger partial charge in [-0.25, -0.2) is 4.98 Å². The number of aromatic nitrogens is 2. The van der Waals surface area contributed by atoms with Crippen molar-refractivity contribution in [2.24, 2.45) is 0 Å². The maximum atomic E-state index is 5.92. The number of rotatable bonds is 7. The quantitative estimate of drug-likeness (QED) is 0.576. The minimum absolute atomic E-state index is 0.625. The van der Waals surface area contributed by atoms with E-state index < -0.39 is 0 Å². The summed E-state index contributed by atoms with van der Waals surface area (Å²) in [4.78, 5) is 6.98. The molecule has 1 heterocycles. The summed E-state index contributed by atoms with van der Waals surface area (Å²) in [6.45, 7) is 4.32. The molecule has 20 heavy (non-hydrogen) atoms. The number of aryl methyl sites for hydroxylation is 3. The first kappa shape index (κ1) is 15.3. The van der Waals surface area contributed by atoms with Crippen molar-refractivity contribution >= 4 is 22.6 Å². The van der Waals surface area contributed by atoms with Gasteiger partial charge in [-0.15, -0.1) is 11.6 Å². The number of imidazole rings is 1. The molecule has 0 amide bonds. The molecule has 3 nitrogen and oxygen atoms in total. The smallest absolute Gasteiger partial charge is 0.111 e. The molecule has 0 bridgehead atoms. The minimum atomic E-state index is 0.625. The van der Waals surface area contributed by atoms with Crippen molar-refractivity contribution in [3.8, 4) is 0 Å². The molecule has 1 aromatic heterocycles. The highest BCUT2D eigenvalue weighted by Gasteiger charge is 2.11. The number of nitrogens with zero attached hydrogens (tertiary/aromatic N) is 3. The molecule has 0 unspecified atom stereocenters. The van der Waals surface area contributed by atoms with Crippen molar-refractivity contribution in [2.45, 2.75) is 32.7 Å². The zero-order valence-electron chi connectivity index (χ0n) is 12.7. The lowest BCUT2D eigenvalue weighted by atomic mass is 10.2. The Morgan fingerprint density at radius 2 is 2.05 bits per heavy atom. The zero-order chi connectivity index (χ0) is 14.5. The van der Waals surface area contributed by atoms with Gasteiger partial charge in [0.1, 0.15) is 5.82 Å². The van der Waals surface area contributed by atoms with Crippen LogP contribution in [0, 0.1) is 6.92 Å². The molecule has 0 saturated heterocycles. The van der Waals surface area contributed by atoms with Gasteiger partial charge in [-0.05, 0) is 52.0 Å². The fraction of sp³-hybridized carbons (Fsp3) is 0.562. The minimum Gasteiger partial charge on any atom is -0.328 e. The summed E-state index contributed by atoms with van der Waals surface area (Å²) in [6.07, 6.45) is 3.22. The van der Waals surface area contributed by atoms with Crippen LogP contribution in [0.15, 0.2) is 18.2 Å². The van der Waals surface area contributed by atoms with E-state index in [0.29, 0.717) is 5.88 Å². The lowest BCUT2D eigenvalue weighted by molar-refractivity contribution is 0.387. The largest absolute Gasteiger partial charge is 0.328 e. The Morgan fingerprint density at radius 3 is 2.75 bits per heavy atom. The van der Waals surface area contributed by atoms with E-state index in [-0.39, 0.29) is 0 Å². The summed E-state index contributed by atoms with van der Waals surface area (Å²) in [6, 6.07) is 6.33. The summed E-state index contributed by atoms with van der Waals surface area (Å²) in [5.74, 6) is 1.74. The van der Waals surface area contributed by atoms with Crippen LogP contribution < -0.4 is 0 Å². The van der Waals surface area contributed by atoms with Crippen LogP contribution in [0.2, 0.25) is 0 Å². The normalized spacial score (nSPS) is 11.7. The standard InChI is InChI=1S/C16H24ClN3/c1-13-7-6-8-14-16(13)20(15(18-14)9-10-17)12-5-4-11-19(2)3/h6-8H,4-5,9-12H2,1-3H3. The molecular weight excluding hydrogens is 270 g/mol. The molecule has 0 aliphatic carbocycles. The van der Waals surface area contributed by atoms with Crippen LogP contribution in [0.1, 0.15) is 24.2 Å². The monoisotopic (exact) mass is 293 g/mol. The van der Waals surface area contributed by atoms with Crippen LogP contribution in [0.5, 0.6) is 0 Å². The van der Waals surface area contributed by atoms with Crippen molar-refractivity contribution in [3.63, 3.8) is 0 Å². The van der Waals surface area contributed by atoms with Crippen LogP contribution in [0.4, 0.5) is 0 Å². The maximum absolute atomic E-state index is 5.92. The van der Waals surface area contributed by atoms with E-state index in [4.69, 9.17) is 16.6 Å². The first-order valence-corrected chi connectivity index (χ1v) is 7.82. The van der Waals surface area contributed by atoms with Gasteiger partial charge >= 0.3 is 0 Å². The average molecular weight is 294 g/mol. The number of benzene rings is 1. The third-order valence-corrected chi connectivity index (χ3v) is 3.79. The van der Waals surface area contributed by atoms with Gasteiger partial charge in [-0.1, -0.05) is 12.1 Å². The van der Waals surface area contributed by atoms with Gasteiger partial charge in [-0.2, -0.15) is 0 Å². The first-order valence-electron chi connectivity index (χ1n) is 7.29. The number of unbranched alkanes of at least 4 members (excludes halogenated alkanes) is 1. The zero-order valence-corrected chi connectivity index (χ0v) is 13.5. The number of halogens is 1. The molecule has 0 radical (unpaired) electrons. The summed E-state index contributed by atoms with van der Waals surface area (Å²) in [5, 5.41) is 0. The van der Waals surface area contributed by atoms with E-state index in [0.717, 1.165) is 30.9 Å². The summed E-state index contributed by atoms with van der Waals surface area (Å²) in [5.41, 5.74) is 3.67. The highest BCUT2D eigenvalue weighted by Crippen LogP contribution is 2.21. The number of fused-ring (bicyclic) bond motifs is 1.